The maximum atomic E-state index is 12.1. The van der Waals surface area contributed by atoms with Gasteiger partial charge in [-0.15, -0.1) is 0 Å². The number of morpholine rings is 1. The van der Waals surface area contributed by atoms with Crippen molar-refractivity contribution in [3.05, 3.63) is 18.5 Å². The molecule has 0 radical (unpaired) electrons. The average Bonchev–Trinajstić information content (AvgIpc) is 3.15. The maximum absolute atomic E-state index is 12.1. The third-order valence-electron chi connectivity index (χ3n) is 4.62. The summed E-state index contributed by atoms with van der Waals surface area (Å²) in [6.45, 7) is 2.42. The number of amides is 2. The minimum atomic E-state index is -0.0605. The Bertz CT molecular complexity index is 574. The highest BCUT2D eigenvalue weighted by Gasteiger charge is 2.38. The van der Waals surface area contributed by atoms with Gasteiger partial charge >= 0.3 is 0 Å². The summed E-state index contributed by atoms with van der Waals surface area (Å²) in [5.41, 5.74) is 0. The van der Waals surface area contributed by atoms with Crippen LogP contribution >= 0.6 is 0 Å². The minimum Gasteiger partial charge on any atom is -0.375 e. The van der Waals surface area contributed by atoms with Crippen LogP contribution in [-0.2, 0) is 20.9 Å². The van der Waals surface area contributed by atoms with Gasteiger partial charge in [-0.05, 0) is 12.5 Å². The van der Waals surface area contributed by atoms with Crippen molar-refractivity contribution < 1.29 is 14.3 Å². The van der Waals surface area contributed by atoms with E-state index in [1.165, 1.54) is 0 Å². The van der Waals surface area contributed by atoms with Gasteiger partial charge in [0.15, 0.2) is 0 Å². The van der Waals surface area contributed by atoms with E-state index in [9.17, 15) is 9.59 Å². The van der Waals surface area contributed by atoms with Crippen LogP contribution in [0.1, 0.15) is 12.8 Å². The number of ether oxygens (including phenoxy) is 1. The first-order valence-electron chi connectivity index (χ1n) is 8.34. The van der Waals surface area contributed by atoms with Crippen molar-refractivity contribution in [2.75, 3.05) is 33.8 Å². The van der Waals surface area contributed by atoms with Crippen LogP contribution in [0.15, 0.2) is 18.5 Å². The van der Waals surface area contributed by atoms with E-state index >= 15 is 0 Å². The molecule has 2 aliphatic rings. The predicted octanol–water partition coefficient (Wildman–Crippen LogP) is -0.681. The SMILES string of the molecule is CN(C)C(=O)C[C@H]1CN2C[C@@H](NC(=O)Cn3cccn3)C[C@H]2CO1. The van der Waals surface area contributed by atoms with E-state index in [4.69, 9.17) is 4.74 Å². The van der Waals surface area contributed by atoms with Gasteiger partial charge in [0.25, 0.3) is 0 Å². The van der Waals surface area contributed by atoms with Crippen molar-refractivity contribution >= 4 is 11.8 Å². The summed E-state index contributed by atoms with van der Waals surface area (Å²) in [7, 11) is 3.52. The van der Waals surface area contributed by atoms with Crippen molar-refractivity contribution in [3.63, 3.8) is 0 Å². The molecular formula is C16H25N5O3. The lowest BCUT2D eigenvalue weighted by Crippen LogP contribution is -2.47. The molecule has 1 aromatic heterocycles. The van der Waals surface area contributed by atoms with E-state index in [2.05, 4.69) is 15.3 Å². The number of hydrogen-bond donors (Lipinski definition) is 1. The minimum absolute atomic E-state index is 0.0243. The molecule has 2 fully saturated rings. The van der Waals surface area contributed by atoms with Gasteiger partial charge in [-0.1, -0.05) is 0 Å². The summed E-state index contributed by atoms with van der Waals surface area (Å²) in [5, 5.41) is 7.12. The zero-order chi connectivity index (χ0) is 17.1. The Morgan fingerprint density at radius 1 is 1.38 bits per heavy atom. The Balaban J connectivity index is 1.46. The zero-order valence-corrected chi connectivity index (χ0v) is 14.2. The van der Waals surface area contributed by atoms with Crippen LogP contribution in [0.5, 0.6) is 0 Å². The Morgan fingerprint density at radius 3 is 2.92 bits per heavy atom. The lowest BCUT2D eigenvalue weighted by Gasteiger charge is -2.35. The van der Waals surface area contributed by atoms with Gasteiger partial charge in [-0.2, -0.15) is 5.10 Å². The molecule has 3 heterocycles. The Morgan fingerprint density at radius 2 is 2.21 bits per heavy atom. The van der Waals surface area contributed by atoms with Crippen LogP contribution in [-0.4, -0.2) is 83.4 Å². The lowest BCUT2D eigenvalue weighted by atomic mass is 10.1. The molecule has 0 saturated carbocycles. The smallest absolute Gasteiger partial charge is 0.241 e. The van der Waals surface area contributed by atoms with Crippen molar-refractivity contribution in [3.8, 4) is 0 Å². The molecule has 0 spiro atoms. The zero-order valence-electron chi connectivity index (χ0n) is 14.2. The molecular weight excluding hydrogens is 310 g/mol. The second-order valence-electron chi connectivity index (χ2n) is 6.76. The van der Waals surface area contributed by atoms with Crippen molar-refractivity contribution in [1.29, 1.82) is 0 Å². The highest BCUT2D eigenvalue weighted by Crippen LogP contribution is 2.24. The Kier molecular flexibility index (Phi) is 5.15. The molecule has 8 heteroatoms. The molecule has 2 amide bonds. The van der Waals surface area contributed by atoms with Gasteiger partial charge in [0, 0.05) is 51.7 Å². The standard InChI is InChI=1S/C16H25N5O3/c1-19(2)16(23)7-14-9-20-8-12(6-13(20)11-24-14)18-15(22)10-21-5-3-4-17-21/h3-5,12-14H,6-11H2,1-2H3,(H,18,22)/t12-,13-,14-/m0/s1. The predicted molar refractivity (Wildman–Crippen MR) is 87.2 cm³/mol. The van der Waals surface area contributed by atoms with E-state index in [1.54, 1.807) is 42.1 Å². The van der Waals surface area contributed by atoms with Gasteiger partial charge in [0.1, 0.15) is 6.54 Å². The van der Waals surface area contributed by atoms with E-state index in [0.29, 0.717) is 19.1 Å². The van der Waals surface area contributed by atoms with E-state index in [-0.39, 0.29) is 30.5 Å². The summed E-state index contributed by atoms with van der Waals surface area (Å²) in [4.78, 5) is 27.8. The normalized spacial score (nSPS) is 26.8. The van der Waals surface area contributed by atoms with Crippen molar-refractivity contribution in [2.24, 2.45) is 0 Å². The molecule has 2 aliphatic heterocycles. The molecule has 3 atom stereocenters. The van der Waals surface area contributed by atoms with Crippen LogP contribution in [0.25, 0.3) is 0 Å². The van der Waals surface area contributed by atoms with Gasteiger partial charge in [0.05, 0.1) is 19.1 Å². The fourth-order valence-corrected chi connectivity index (χ4v) is 3.36. The Hall–Kier alpha value is -1.93. The van der Waals surface area contributed by atoms with Gasteiger partial charge in [-0.3, -0.25) is 19.2 Å². The van der Waals surface area contributed by atoms with Crippen LogP contribution < -0.4 is 5.32 Å². The van der Waals surface area contributed by atoms with Crippen LogP contribution in [0.3, 0.4) is 0 Å². The van der Waals surface area contributed by atoms with Gasteiger partial charge in [0.2, 0.25) is 11.8 Å². The van der Waals surface area contributed by atoms with Crippen LogP contribution in [0.4, 0.5) is 0 Å². The highest BCUT2D eigenvalue weighted by molar-refractivity contribution is 5.76. The van der Waals surface area contributed by atoms with Crippen molar-refractivity contribution in [1.82, 2.24) is 24.9 Å². The largest absolute Gasteiger partial charge is 0.375 e. The molecule has 0 bridgehead atoms. The third-order valence-corrected chi connectivity index (χ3v) is 4.62. The number of nitrogens with zero attached hydrogens (tertiary/aromatic N) is 4. The average molecular weight is 335 g/mol. The van der Waals surface area contributed by atoms with Gasteiger partial charge in [-0.25, -0.2) is 0 Å². The molecule has 132 valence electrons. The Labute approximate surface area is 141 Å². The van der Waals surface area contributed by atoms with Crippen molar-refractivity contribution in [2.45, 2.75) is 37.6 Å². The van der Waals surface area contributed by atoms with Gasteiger partial charge < -0.3 is 15.0 Å². The fourth-order valence-electron chi connectivity index (χ4n) is 3.36. The summed E-state index contributed by atoms with van der Waals surface area (Å²) < 4.78 is 7.45. The summed E-state index contributed by atoms with van der Waals surface area (Å²) in [6, 6.07) is 2.26. The molecule has 0 aliphatic carbocycles. The van der Waals surface area contributed by atoms with E-state index < -0.39 is 0 Å². The number of hydrogen-bond acceptors (Lipinski definition) is 5. The molecule has 1 N–H and O–H groups in total. The number of carbonyl (C=O) groups is 2. The van der Waals surface area contributed by atoms with Crippen LogP contribution in [0, 0.1) is 0 Å². The maximum Gasteiger partial charge on any atom is 0.241 e. The number of aromatic nitrogens is 2. The summed E-state index contributed by atoms with van der Waals surface area (Å²) in [5.74, 6) is 0.0607. The fraction of sp³-hybridized carbons (Fsp3) is 0.688. The highest BCUT2D eigenvalue weighted by atomic mass is 16.5. The van der Waals surface area contributed by atoms with Crippen LogP contribution in [0.2, 0.25) is 0 Å². The summed E-state index contributed by atoms with van der Waals surface area (Å²) in [6.07, 6.45) is 4.67. The second kappa shape index (κ2) is 7.31. The topological polar surface area (TPSA) is 79.7 Å². The molecule has 24 heavy (non-hydrogen) atoms. The third kappa shape index (κ3) is 4.12. The monoisotopic (exact) mass is 335 g/mol. The first kappa shape index (κ1) is 16.9. The molecule has 0 aromatic carbocycles. The molecule has 8 nitrogen and oxygen atoms in total. The molecule has 1 aromatic rings. The number of rotatable bonds is 5. The first-order chi connectivity index (χ1) is 11.5. The number of fused-ring (bicyclic) bond motifs is 1. The first-order valence-corrected chi connectivity index (χ1v) is 8.34. The van der Waals surface area contributed by atoms with E-state index in [1.807, 2.05) is 0 Å². The second-order valence-corrected chi connectivity index (χ2v) is 6.76. The lowest BCUT2D eigenvalue weighted by molar-refractivity contribution is -0.134. The quantitative estimate of drug-likeness (QED) is 0.771. The summed E-state index contributed by atoms with van der Waals surface area (Å²) >= 11 is 0. The van der Waals surface area contributed by atoms with E-state index in [0.717, 1.165) is 19.5 Å². The molecule has 3 rings (SSSR count). The number of nitrogens with one attached hydrogen (secondary N) is 1. The molecule has 2 saturated heterocycles. The molecule has 0 unspecified atom stereocenters. The number of carbonyl (C=O) groups excluding carboxylic acids is 2.